The molecule has 2 rings (SSSR count). The molecule has 2 N–H and O–H groups in total. The van der Waals surface area contributed by atoms with E-state index in [1.54, 1.807) is 0 Å². The number of rotatable bonds is 6. The number of hydrogen-bond donors (Lipinski definition) is 1. The Bertz CT molecular complexity index is 347. The molecule has 5 heteroatoms. The van der Waals surface area contributed by atoms with Crippen molar-refractivity contribution in [1.29, 1.82) is 0 Å². The highest BCUT2D eigenvalue weighted by atomic mass is 32.2. The first kappa shape index (κ1) is 11.9. The van der Waals surface area contributed by atoms with Crippen molar-refractivity contribution in [1.82, 2.24) is 10.1 Å². The second-order valence-electron chi connectivity index (χ2n) is 4.91. The summed E-state index contributed by atoms with van der Waals surface area (Å²) in [4.78, 5) is 4.43. The Morgan fingerprint density at radius 2 is 2.25 bits per heavy atom. The smallest absolute Gasteiger partial charge is 0.234 e. The molecule has 0 atom stereocenters. The fourth-order valence-electron chi connectivity index (χ4n) is 1.57. The van der Waals surface area contributed by atoms with Gasteiger partial charge in [0.25, 0.3) is 0 Å². The van der Waals surface area contributed by atoms with Crippen molar-refractivity contribution in [3.63, 3.8) is 0 Å². The quantitative estimate of drug-likeness (QED) is 0.824. The van der Waals surface area contributed by atoms with Crippen LogP contribution in [0, 0.1) is 5.92 Å². The van der Waals surface area contributed by atoms with Crippen LogP contribution in [0.2, 0.25) is 0 Å². The molecule has 1 aliphatic carbocycles. The molecule has 0 aromatic carbocycles. The lowest BCUT2D eigenvalue weighted by Crippen LogP contribution is -2.20. The van der Waals surface area contributed by atoms with E-state index in [1.165, 1.54) is 0 Å². The Morgan fingerprint density at radius 1 is 1.50 bits per heavy atom. The van der Waals surface area contributed by atoms with Crippen LogP contribution in [0.1, 0.15) is 38.4 Å². The zero-order valence-electron chi connectivity index (χ0n) is 9.90. The highest BCUT2D eigenvalue weighted by Crippen LogP contribution is 2.46. The van der Waals surface area contributed by atoms with Gasteiger partial charge in [-0.25, -0.2) is 0 Å². The van der Waals surface area contributed by atoms with Crippen molar-refractivity contribution in [2.75, 3.05) is 12.3 Å². The molecule has 0 aliphatic heterocycles. The number of thioether (sulfide) groups is 1. The Balaban J connectivity index is 1.88. The molecule has 1 saturated carbocycles. The zero-order valence-corrected chi connectivity index (χ0v) is 10.7. The summed E-state index contributed by atoms with van der Waals surface area (Å²) in [6, 6.07) is 0. The van der Waals surface area contributed by atoms with Crippen LogP contribution in [0.3, 0.4) is 0 Å². The van der Waals surface area contributed by atoms with Gasteiger partial charge in [-0.1, -0.05) is 19.0 Å². The number of nitrogens with two attached hydrogens (primary N) is 1. The number of nitrogens with zero attached hydrogens (tertiary/aromatic N) is 2. The Hall–Kier alpha value is -0.550. The third kappa shape index (κ3) is 2.58. The average Bonchev–Trinajstić information content (AvgIpc) is 2.92. The van der Waals surface area contributed by atoms with E-state index in [9.17, 15) is 0 Å². The number of aromatic nitrogens is 2. The summed E-state index contributed by atoms with van der Waals surface area (Å²) in [5, 5.41) is 4.00. The summed E-state index contributed by atoms with van der Waals surface area (Å²) >= 11 is 1.85. The minimum Gasteiger partial charge on any atom is -0.339 e. The molecule has 1 heterocycles. The molecular weight excluding hydrogens is 222 g/mol. The van der Waals surface area contributed by atoms with Gasteiger partial charge in [0.15, 0.2) is 5.82 Å². The van der Waals surface area contributed by atoms with Crippen molar-refractivity contribution >= 4 is 11.8 Å². The van der Waals surface area contributed by atoms with Crippen molar-refractivity contribution < 1.29 is 4.52 Å². The Labute approximate surface area is 100 Å². The first-order valence-corrected chi connectivity index (χ1v) is 6.92. The third-order valence-corrected chi connectivity index (χ3v) is 4.21. The fraction of sp³-hybridized carbons (Fsp3) is 0.818. The van der Waals surface area contributed by atoms with E-state index in [0.717, 1.165) is 36.1 Å². The van der Waals surface area contributed by atoms with Crippen molar-refractivity contribution in [3.05, 3.63) is 11.7 Å². The van der Waals surface area contributed by atoms with Gasteiger partial charge in [-0.15, -0.1) is 0 Å². The predicted molar refractivity (Wildman–Crippen MR) is 65.3 cm³/mol. The summed E-state index contributed by atoms with van der Waals surface area (Å²) in [5.74, 6) is 4.22. The molecule has 0 saturated heterocycles. The standard InChI is InChI=1S/C11H19N3OS/c1-8(2)5-16-6-9-13-10(15-14-9)11(7-12)3-4-11/h8H,3-7,12H2,1-2H3. The minimum absolute atomic E-state index is 0.0218. The third-order valence-electron chi connectivity index (χ3n) is 2.85. The summed E-state index contributed by atoms with van der Waals surface area (Å²) in [7, 11) is 0. The lowest BCUT2D eigenvalue weighted by Gasteiger charge is -2.03. The van der Waals surface area contributed by atoms with E-state index < -0.39 is 0 Å². The van der Waals surface area contributed by atoms with Gasteiger partial charge in [0.2, 0.25) is 5.89 Å². The second kappa shape index (κ2) is 4.75. The highest BCUT2D eigenvalue weighted by Gasteiger charge is 2.48. The zero-order chi connectivity index (χ0) is 11.6. The van der Waals surface area contributed by atoms with Gasteiger partial charge in [0.05, 0.1) is 11.2 Å². The van der Waals surface area contributed by atoms with Gasteiger partial charge in [-0.2, -0.15) is 16.7 Å². The van der Waals surface area contributed by atoms with Crippen molar-refractivity contribution in [3.8, 4) is 0 Å². The minimum atomic E-state index is 0.0218. The van der Waals surface area contributed by atoms with Crippen LogP contribution < -0.4 is 5.73 Å². The van der Waals surface area contributed by atoms with Crippen molar-refractivity contribution in [2.24, 2.45) is 11.7 Å². The van der Waals surface area contributed by atoms with Crippen LogP contribution in [0.15, 0.2) is 4.52 Å². The highest BCUT2D eigenvalue weighted by molar-refractivity contribution is 7.98. The lowest BCUT2D eigenvalue weighted by molar-refractivity contribution is 0.344. The molecule has 0 radical (unpaired) electrons. The summed E-state index contributed by atoms with van der Waals surface area (Å²) in [6.07, 6.45) is 2.18. The second-order valence-corrected chi connectivity index (χ2v) is 5.94. The van der Waals surface area contributed by atoms with Crippen LogP contribution in [-0.2, 0) is 11.2 Å². The maximum Gasteiger partial charge on any atom is 0.234 e. The van der Waals surface area contributed by atoms with Crippen LogP contribution in [0.4, 0.5) is 0 Å². The molecular formula is C11H19N3OS. The van der Waals surface area contributed by atoms with Crippen LogP contribution in [0.25, 0.3) is 0 Å². The largest absolute Gasteiger partial charge is 0.339 e. The summed E-state index contributed by atoms with van der Waals surface area (Å²) < 4.78 is 5.29. The topological polar surface area (TPSA) is 64.9 Å². The Morgan fingerprint density at radius 3 is 2.81 bits per heavy atom. The number of hydrogen-bond acceptors (Lipinski definition) is 5. The molecule has 0 unspecified atom stereocenters. The molecule has 4 nitrogen and oxygen atoms in total. The van der Waals surface area contributed by atoms with Crippen LogP contribution in [0.5, 0.6) is 0 Å². The maximum absolute atomic E-state index is 5.72. The van der Waals surface area contributed by atoms with Crippen LogP contribution in [-0.4, -0.2) is 22.4 Å². The normalized spacial score (nSPS) is 18.0. The average molecular weight is 241 g/mol. The fourth-order valence-corrected chi connectivity index (χ4v) is 2.46. The molecule has 90 valence electrons. The van der Waals surface area contributed by atoms with Gasteiger partial charge in [0, 0.05) is 6.54 Å². The predicted octanol–water partition coefficient (Wildman–Crippen LogP) is 1.95. The van der Waals surface area contributed by atoms with Gasteiger partial charge in [0.1, 0.15) is 0 Å². The van der Waals surface area contributed by atoms with E-state index in [2.05, 4.69) is 24.0 Å². The van der Waals surface area contributed by atoms with Gasteiger partial charge < -0.3 is 10.3 Å². The molecule has 16 heavy (non-hydrogen) atoms. The monoisotopic (exact) mass is 241 g/mol. The van der Waals surface area contributed by atoms with Gasteiger partial charge in [-0.05, 0) is 24.5 Å². The van der Waals surface area contributed by atoms with Gasteiger partial charge >= 0.3 is 0 Å². The molecule has 0 bridgehead atoms. The molecule has 1 aromatic heterocycles. The molecule has 1 aliphatic rings. The first-order chi connectivity index (χ1) is 7.66. The molecule has 1 aromatic rings. The first-order valence-electron chi connectivity index (χ1n) is 5.77. The SMILES string of the molecule is CC(C)CSCc1noc(C2(CN)CC2)n1. The Kier molecular flexibility index (Phi) is 3.54. The molecule has 1 fully saturated rings. The van der Waals surface area contributed by atoms with E-state index in [0.29, 0.717) is 12.5 Å². The summed E-state index contributed by atoms with van der Waals surface area (Å²) in [6.45, 7) is 5.04. The van der Waals surface area contributed by atoms with E-state index in [4.69, 9.17) is 10.3 Å². The maximum atomic E-state index is 5.72. The molecule has 0 spiro atoms. The van der Waals surface area contributed by atoms with E-state index >= 15 is 0 Å². The van der Waals surface area contributed by atoms with E-state index in [1.807, 2.05) is 11.8 Å². The van der Waals surface area contributed by atoms with Crippen molar-refractivity contribution in [2.45, 2.75) is 37.9 Å². The van der Waals surface area contributed by atoms with E-state index in [-0.39, 0.29) is 5.41 Å². The molecule has 0 amide bonds. The van der Waals surface area contributed by atoms with Crippen LogP contribution >= 0.6 is 11.8 Å². The summed E-state index contributed by atoms with van der Waals surface area (Å²) in [5.41, 5.74) is 5.74. The van der Waals surface area contributed by atoms with Gasteiger partial charge in [-0.3, -0.25) is 0 Å². The lowest BCUT2D eigenvalue weighted by atomic mass is 10.1.